The molecule has 114 valence electrons. The van der Waals surface area contributed by atoms with Gasteiger partial charge in [-0.05, 0) is 30.4 Å². The van der Waals surface area contributed by atoms with E-state index in [1.807, 2.05) is 30.3 Å². The van der Waals surface area contributed by atoms with Crippen LogP contribution in [0.1, 0.15) is 19.8 Å². The van der Waals surface area contributed by atoms with E-state index in [1.54, 1.807) is 0 Å². The van der Waals surface area contributed by atoms with E-state index in [0.717, 1.165) is 31.8 Å². The molecule has 3 atom stereocenters. The number of nitrogens with zero attached hydrogens (tertiary/aromatic N) is 1. The predicted molar refractivity (Wildman–Crippen MR) is 82.2 cm³/mol. The molecule has 2 aliphatic heterocycles. The summed E-state index contributed by atoms with van der Waals surface area (Å²) in [6.07, 6.45) is 1.52. The van der Waals surface area contributed by atoms with Crippen molar-refractivity contribution in [3.8, 4) is 5.75 Å². The van der Waals surface area contributed by atoms with Gasteiger partial charge in [0.05, 0.1) is 13.0 Å². The van der Waals surface area contributed by atoms with Gasteiger partial charge in [0.1, 0.15) is 5.75 Å². The smallest absolute Gasteiger partial charge is 0.226 e. The van der Waals surface area contributed by atoms with Crippen LogP contribution < -0.4 is 10.1 Å². The number of rotatable bonds is 5. The van der Waals surface area contributed by atoms with Crippen molar-refractivity contribution in [2.24, 2.45) is 11.8 Å². The largest absolute Gasteiger partial charge is 0.493 e. The highest BCUT2D eigenvalue weighted by Gasteiger charge is 2.44. The Morgan fingerprint density at radius 2 is 2.14 bits per heavy atom. The highest BCUT2D eigenvalue weighted by atomic mass is 16.5. The number of likely N-dealkylation sites (tertiary alicyclic amines) is 1. The first-order valence-corrected chi connectivity index (χ1v) is 7.97. The molecule has 0 radical (unpaired) electrons. The Bertz CT molecular complexity index is 477. The van der Waals surface area contributed by atoms with Crippen LogP contribution >= 0.6 is 0 Å². The zero-order chi connectivity index (χ0) is 14.7. The molecule has 2 fully saturated rings. The summed E-state index contributed by atoms with van der Waals surface area (Å²) in [5.74, 6) is 2.37. The van der Waals surface area contributed by atoms with Gasteiger partial charge in [-0.3, -0.25) is 4.79 Å². The van der Waals surface area contributed by atoms with Crippen molar-refractivity contribution in [3.05, 3.63) is 30.3 Å². The lowest BCUT2D eigenvalue weighted by molar-refractivity contribution is -0.133. The van der Waals surface area contributed by atoms with Crippen LogP contribution in [0.5, 0.6) is 5.75 Å². The molecule has 2 aliphatic rings. The Morgan fingerprint density at radius 3 is 2.90 bits per heavy atom. The Kier molecular flexibility index (Phi) is 4.44. The maximum absolute atomic E-state index is 12.5. The lowest BCUT2D eigenvalue weighted by atomic mass is 9.93. The second kappa shape index (κ2) is 6.48. The Labute approximate surface area is 126 Å². The molecule has 4 heteroatoms. The van der Waals surface area contributed by atoms with Gasteiger partial charge in [-0.25, -0.2) is 0 Å². The number of fused-ring (bicyclic) bond motifs is 1. The van der Waals surface area contributed by atoms with Gasteiger partial charge >= 0.3 is 0 Å². The average Bonchev–Trinajstić information content (AvgIpc) is 3.08. The molecule has 4 nitrogen and oxygen atoms in total. The average molecular weight is 288 g/mol. The van der Waals surface area contributed by atoms with Crippen LogP contribution in [0.25, 0.3) is 0 Å². The van der Waals surface area contributed by atoms with Crippen LogP contribution in [0.4, 0.5) is 0 Å². The summed E-state index contributed by atoms with van der Waals surface area (Å²) in [5, 5.41) is 3.45. The van der Waals surface area contributed by atoms with Gasteiger partial charge in [0, 0.05) is 25.7 Å². The molecular formula is C17H24N2O2. The van der Waals surface area contributed by atoms with Gasteiger partial charge in [0.25, 0.3) is 0 Å². The third-order valence-electron chi connectivity index (χ3n) is 4.78. The molecular weight excluding hydrogens is 264 g/mol. The summed E-state index contributed by atoms with van der Waals surface area (Å²) < 4.78 is 5.64. The number of ether oxygens (including phenoxy) is 1. The number of hydrogen-bond donors (Lipinski definition) is 1. The van der Waals surface area contributed by atoms with Crippen LogP contribution in [0.15, 0.2) is 30.3 Å². The van der Waals surface area contributed by atoms with Gasteiger partial charge in [0.2, 0.25) is 5.91 Å². The summed E-state index contributed by atoms with van der Waals surface area (Å²) in [6, 6.07) is 10.1. The third kappa shape index (κ3) is 3.05. The highest BCUT2D eigenvalue weighted by Crippen LogP contribution is 2.34. The van der Waals surface area contributed by atoms with Crippen LogP contribution in [0, 0.1) is 11.8 Å². The number of carbonyl (C=O) groups excluding carboxylic acids is 1. The normalized spacial score (nSPS) is 27.7. The standard InChI is InChI=1S/C17H24N2O2/c1-2-16-15-11-18-10-13(15)12-19(16)17(20)8-9-21-14-6-4-3-5-7-14/h3-7,13,15-16,18H,2,8-12H2,1H3. The first-order valence-electron chi connectivity index (χ1n) is 7.97. The Hall–Kier alpha value is -1.55. The van der Waals surface area contributed by atoms with Crippen LogP contribution in [-0.4, -0.2) is 43.1 Å². The molecule has 0 spiro atoms. The third-order valence-corrected chi connectivity index (χ3v) is 4.78. The van der Waals surface area contributed by atoms with Gasteiger partial charge in [-0.1, -0.05) is 25.1 Å². The predicted octanol–water partition coefficient (Wildman–Crippen LogP) is 1.91. The molecule has 0 bridgehead atoms. The van der Waals surface area contributed by atoms with Crippen molar-refractivity contribution >= 4 is 5.91 Å². The van der Waals surface area contributed by atoms with E-state index in [1.165, 1.54) is 0 Å². The monoisotopic (exact) mass is 288 g/mol. The molecule has 1 aromatic carbocycles. The second-order valence-electron chi connectivity index (χ2n) is 6.02. The van der Waals surface area contributed by atoms with Crippen molar-refractivity contribution < 1.29 is 9.53 Å². The molecule has 1 N–H and O–H groups in total. The fourth-order valence-corrected chi connectivity index (χ4v) is 3.75. The number of hydrogen-bond acceptors (Lipinski definition) is 3. The maximum Gasteiger partial charge on any atom is 0.226 e. The number of carbonyl (C=O) groups is 1. The quantitative estimate of drug-likeness (QED) is 0.900. The van der Waals surface area contributed by atoms with Crippen LogP contribution in [-0.2, 0) is 4.79 Å². The first kappa shape index (κ1) is 14.4. The van der Waals surface area contributed by atoms with E-state index in [0.29, 0.717) is 30.9 Å². The van der Waals surface area contributed by atoms with E-state index in [2.05, 4.69) is 17.1 Å². The highest BCUT2D eigenvalue weighted by molar-refractivity contribution is 5.77. The van der Waals surface area contributed by atoms with Gasteiger partial charge in [-0.2, -0.15) is 0 Å². The number of para-hydroxylation sites is 1. The lowest BCUT2D eigenvalue weighted by Gasteiger charge is -2.27. The summed E-state index contributed by atoms with van der Waals surface area (Å²) in [4.78, 5) is 14.6. The van der Waals surface area contributed by atoms with Crippen molar-refractivity contribution in [1.29, 1.82) is 0 Å². The van der Waals surface area contributed by atoms with E-state index in [-0.39, 0.29) is 5.91 Å². The number of benzene rings is 1. The Balaban J connectivity index is 1.51. The summed E-state index contributed by atoms with van der Waals surface area (Å²) in [6.45, 7) is 5.69. The van der Waals surface area contributed by atoms with Gasteiger partial charge in [-0.15, -0.1) is 0 Å². The van der Waals surface area contributed by atoms with Crippen LogP contribution in [0.3, 0.4) is 0 Å². The Morgan fingerprint density at radius 1 is 1.33 bits per heavy atom. The molecule has 1 aromatic rings. The van der Waals surface area contributed by atoms with Crippen LogP contribution in [0.2, 0.25) is 0 Å². The fourth-order valence-electron chi connectivity index (χ4n) is 3.75. The van der Waals surface area contributed by atoms with Crippen molar-refractivity contribution in [2.75, 3.05) is 26.2 Å². The molecule has 2 heterocycles. The van der Waals surface area contributed by atoms with E-state index in [9.17, 15) is 4.79 Å². The molecule has 21 heavy (non-hydrogen) atoms. The summed E-state index contributed by atoms with van der Waals surface area (Å²) >= 11 is 0. The second-order valence-corrected chi connectivity index (χ2v) is 6.02. The van der Waals surface area contributed by atoms with E-state index < -0.39 is 0 Å². The maximum atomic E-state index is 12.5. The summed E-state index contributed by atoms with van der Waals surface area (Å²) in [5.41, 5.74) is 0. The first-order chi connectivity index (χ1) is 10.3. The molecule has 3 unspecified atom stereocenters. The van der Waals surface area contributed by atoms with E-state index in [4.69, 9.17) is 4.74 Å². The van der Waals surface area contributed by atoms with E-state index >= 15 is 0 Å². The van der Waals surface area contributed by atoms with Crippen molar-refractivity contribution in [3.63, 3.8) is 0 Å². The summed E-state index contributed by atoms with van der Waals surface area (Å²) in [7, 11) is 0. The molecule has 1 amide bonds. The molecule has 0 aromatic heterocycles. The minimum atomic E-state index is 0.243. The molecule has 2 saturated heterocycles. The number of amides is 1. The van der Waals surface area contributed by atoms with Crippen molar-refractivity contribution in [2.45, 2.75) is 25.8 Å². The van der Waals surface area contributed by atoms with Crippen molar-refractivity contribution in [1.82, 2.24) is 10.2 Å². The minimum Gasteiger partial charge on any atom is -0.493 e. The molecule has 3 rings (SSSR count). The fraction of sp³-hybridized carbons (Fsp3) is 0.588. The zero-order valence-corrected chi connectivity index (χ0v) is 12.6. The SMILES string of the molecule is CCC1C2CNCC2CN1C(=O)CCOc1ccccc1. The van der Waals surface area contributed by atoms with Gasteiger partial charge < -0.3 is 15.0 Å². The minimum absolute atomic E-state index is 0.243. The molecule has 0 saturated carbocycles. The zero-order valence-electron chi connectivity index (χ0n) is 12.6. The number of nitrogens with one attached hydrogen (secondary N) is 1. The lowest BCUT2D eigenvalue weighted by Crippen LogP contribution is -2.40. The van der Waals surface area contributed by atoms with Gasteiger partial charge in [0.15, 0.2) is 0 Å². The molecule has 0 aliphatic carbocycles. The topological polar surface area (TPSA) is 41.6 Å².